The molecule has 0 bridgehead atoms. The minimum Gasteiger partial charge on any atom is -0.481 e. The number of ether oxygens (including phenoxy) is 1. The van der Waals surface area contributed by atoms with Crippen molar-refractivity contribution in [3.63, 3.8) is 0 Å². The summed E-state index contributed by atoms with van der Waals surface area (Å²) < 4.78 is 5.59. The summed E-state index contributed by atoms with van der Waals surface area (Å²) in [6, 6.07) is 15.0. The summed E-state index contributed by atoms with van der Waals surface area (Å²) in [6.45, 7) is 7.45. The number of carboxylic acids is 1. The summed E-state index contributed by atoms with van der Waals surface area (Å²) in [5, 5.41) is 14.3. The third-order valence-corrected chi connectivity index (χ3v) is 5.91. The van der Waals surface area contributed by atoms with Crippen molar-refractivity contribution in [1.29, 1.82) is 0 Å². The molecule has 2 aromatic rings. The van der Waals surface area contributed by atoms with Crippen LogP contribution in [0.4, 0.5) is 4.79 Å². The van der Waals surface area contributed by atoms with Crippen LogP contribution in [0.25, 0.3) is 11.1 Å². The van der Waals surface area contributed by atoms with Crippen molar-refractivity contribution in [1.82, 2.24) is 10.6 Å². The molecule has 1 unspecified atom stereocenters. The Hall–Kier alpha value is -3.35. The zero-order chi connectivity index (χ0) is 24.2. The lowest BCUT2D eigenvalue weighted by Gasteiger charge is -2.31. The number of aliphatic carboxylic acids is 1. The molecule has 33 heavy (non-hydrogen) atoms. The van der Waals surface area contributed by atoms with Crippen molar-refractivity contribution < 1.29 is 24.2 Å². The minimum absolute atomic E-state index is 0.0402. The first kappa shape index (κ1) is 24.3. The Kier molecular flexibility index (Phi) is 7.41. The highest BCUT2D eigenvalue weighted by molar-refractivity contribution is 5.86. The number of carboxylic acid groups (broad SMARTS) is 1. The molecule has 0 saturated carbocycles. The van der Waals surface area contributed by atoms with Crippen molar-refractivity contribution >= 4 is 18.0 Å². The quantitative estimate of drug-likeness (QED) is 0.554. The molecule has 176 valence electrons. The molecule has 3 rings (SSSR count). The number of carbonyl (C=O) groups excluding carboxylic acids is 2. The fourth-order valence-corrected chi connectivity index (χ4v) is 4.17. The number of hydrogen-bond acceptors (Lipinski definition) is 4. The number of amides is 2. The van der Waals surface area contributed by atoms with E-state index in [-0.39, 0.29) is 30.9 Å². The van der Waals surface area contributed by atoms with Crippen LogP contribution in [0.3, 0.4) is 0 Å². The Morgan fingerprint density at radius 3 is 2.03 bits per heavy atom. The predicted octanol–water partition coefficient (Wildman–Crippen LogP) is 4.31. The maximum absolute atomic E-state index is 12.8. The molecule has 0 aliphatic heterocycles. The van der Waals surface area contributed by atoms with Crippen LogP contribution in [-0.4, -0.2) is 41.8 Å². The van der Waals surface area contributed by atoms with Gasteiger partial charge in [-0.15, -0.1) is 0 Å². The number of nitrogens with one attached hydrogen (secondary N) is 2. The number of carbonyl (C=O) groups is 3. The maximum Gasteiger partial charge on any atom is 0.407 e. The average Bonchev–Trinajstić information content (AvgIpc) is 3.07. The molecule has 0 radical (unpaired) electrons. The van der Waals surface area contributed by atoms with Gasteiger partial charge in [0.2, 0.25) is 5.91 Å². The highest BCUT2D eigenvalue weighted by Gasteiger charge is 2.35. The lowest BCUT2D eigenvalue weighted by Crippen LogP contribution is -2.55. The third kappa shape index (κ3) is 5.92. The molecule has 2 aromatic carbocycles. The molecule has 2 amide bonds. The standard InChI is InChI=1S/C26H32N2O5/c1-16(13-14-22(29)30)27-24(31)23(26(2,3)4)28-25(32)33-15-21-19-11-7-5-9-17(19)18-10-6-8-12-20(18)21/h5-12,16,21,23H,13-15H2,1-4H3,(H,27,31)(H,28,32)(H,29,30)/t16?,23-/m0/s1. The van der Waals surface area contributed by atoms with Crippen molar-refractivity contribution in [3.05, 3.63) is 59.7 Å². The molecule has 1 aliphatic rings. The van der Waals surface area contributed by atoms with Gasteiger partial charge in [0, 0.05) is 18.4 Å². The van der Waals surface area contributed by atoms with Gasteiger partial charge < -0.3 is 20.5 Å². The van der Waals surface area contributed by atoms with Crippen molar-refractivity contribution in [2.75, 3.05) is 6.61 Å². The van der Waals surface area contributed by atoms with E-state index < -0.39 is 23.5 Å². The van der Waals surface area contributed by atoms with E-state index in [2.05, 4.69) is 22.8 Å². The normalized spacial score (nSPS) is 14.5. The molecule has 7 heteroatoms. The summed E-state index contributed by atoms with van der Waals surface area (Å²) in [7, 11) is 0. The smallest absolute Gasteiger partial charge is 0.407 e. The largest absolute Gasteiger partial charge is 0.481 e. The minimum atomic E-state index is -0.916. The van der Waals surface area contributed by atoms with Crippen LogP contribution in [0.5, 0.6) is 0 Å². The molecular formula is C26H32N2O5. The van der Waals surface area contributed by atoms with Gasteiger partial charge in [-0.3, -0.25) is 9.59 Å². The second-order valence-electron chi connectivity index (χ2n) is 9.61. The van der Waals surface area contributed by atoms with E-state index in [4.69, 9.17) is 9.84 Å². The van der Waals surface area contributed by atoms with E-state index in [0.717, 1.165) is 22.3 Å². The van der Waals surface area contributed by atoms with E-state index >= 15 is 0 Å². The molecule has 0 aromatic heterocycles. The fraction of sp³-hybridized carbons (Fsp3) is 0.423. The van der Waals surface area contributed by atoms with Crippen LogP contribution in [0.2, 0.25) is 0 Å². The Labute approximate surface area is 194 Å². The molecule has 0 saturated heterocycles. The van der Waals surface area contributed by atoms with Gasteiger partial charge in [-0.2, -0.15) is 0 Å². The average molecular weight is 453 g/mol. The zero-order valence-electron chi connectivity index (χ0n) is 19.6. The van der Waals surface area contributed by atoms with Crippen LogP contribution in [0.1, 0.15) is 57.6 Å². The first-order valence-corrected chi connectivity index (χ1v) is 11.2. The fourth-order valence-electron chi connectivity index (χ4n) is 4.17. The van der Waals surface area contributed by atoms with E-state index in [0.29, 0.717) is 6.42 Å². The molecule has 1 aliphatic carbocycles. The van der Waals surface area contributed by atoms with Crippen LogP contribution in [-0.2, 0) is 14.3 Å². The SMILES string of the molecule is CC(CCC(=O)O)NC(=O)[C@H](NC(=O)OCC1c2ccccc2-c2ccccc21)C(C)(C)C. The third-order valence-electron chi connectivity index (χ3n) is 5.91. The van der Waals surface area contributed by atoms with Gasteiger partial charge in [0.1, 0.15) is 12.6 Å². The van der Waals surface area contributed by atoms with Crippen LogP contribution >= 0.6 is 0 Å². The molecule has 7 nitrogen and oxygen atoms in total. The van der Waals surface area contributed by atoms with Crippen molar-refractivity contribution in [2.45, 2.75) is 58.5 Å². The number of alkyl carbamates (subject to hydrolysis) is 1. The first-order chi connectivity index (χ1) is 15.6. The van der Waals surface area contributed by atoms with Crippen LogP contribution < -0.4 is 10.6 Å². The second-order valence-corrected chi connectivity index (χ2v) is 9.61. The zero-order valence-corrected chi connectivity index (χ0v) is 19.6. The maximum atomic E-state index is 12.8. The monoisotopic (exact) mass is 452 g/mol. The molecule has 0 heterocycles. The summed E-state index contributed by atoms with van der Waals surface area (Å²) in [5.41, 5.74) is 3.95. The summed E-state index contributed by atoms with van der Waals surface area (Å²) in [5.74, 6) is -1.35. The van der Waals surface area contributed by atoms with Crippen LogP contribution in [0.15, 0.2) is 48.5 Å². The van der Waals surface area contributed by atoms with E-state index in [1.54, 1.807) is 6.92 Å². The summed E-state index contributed by atoms with van der Waals surface area (Å²) >= 11 is 0. The molecular weight excluding hydrogens is 420 g/mol. The number of benzene rings is 2. The predicted molar refractivity (Wildman–Crippen MR) is 126 cm³/mol. The Bertz CT molecular complexity index is 982. The van der Waals surface area contributed by atoms with Crippen molar-refractivity contribution in [2.24, 2.45) is 5.41 Å². The summed E-state index contributed by atoms with van der Waals surface area (Å²) in [4.78, 5) is 36.3. The van der Waals surface area contributed by atoms with E-state index in [1.807, 2.05) is 57.2 Å². The Morgan fingerprint density at radius 2 is 1.52 bits per heavy atom. The van der Waals surface area contributed by atoms with E-state index in [1.165, 1.54) is 0 Å². The van der Waals surface area contributed by atoms with Gasteiger partial charge >= 0.3 is 12.1 Å². The van der Waals surface area contributed by atoms with Gasteiger partial charge in [-0.05, 0) is 41.0 Å². The molecule has 3 N–H and O–H groups in total. The Morgan fingerprint density at radius 1 is 0.970 bits per heavy atom. The highest BCUT2D eigenvalue weighted by atomic mass is 16.5. The molecule has 0 spiro atoms. The highest BCUT2D eigenvalue weighted by Crippen LogP contribution is 2.44. The number of hydrogen-bond donors (Lipinski definition) is 3. The van der Waals surface area contributed by atoms with Crippen molar-refractivity contribution in [3.8, 4) is 11.1 Å². The van der Waals surface area contributed by atoms with E-state index in [9.17, 15) is 14.4 Å². The first-order valence-electron chi connectivity index (χ1n) is 11.2. The second kappa shape index (κ2) is 10.1. The van der Waals surface area contributed by atoms with Gasteiger partial charge in [-0.1, -0.05) is 69.3 Å². The lowest BCUT2D eigenvalue weighted by atomic mass is 9.86. The molecule has 2 atom stereocenters. The van der Waals surface area contributed by atoms with Gasteiger partial charge in [0.25, 0.3) is 0 Å². The van der Waals surface area contributed by atoms with Gasteiger partial charge in [0.15, 0.2) is 0 Å². The van der Waals surface area contributed by atoms with Gasteiger partial charge in [0.05, 0.1) is 0 Å². The van der Waals surface area contributed by atoms with Crippen LogP contribution in [0, 0.1) is 5.41 Å². The topological polar surface area (TPSA) is 105 Å². The number of fused-ring (bicyclic) bond motifs is 3. The Balaban J connectivity index is 1.64. The van der Waals surface area contributed by atoms with Gasteiger partial charge in [-0.25, -0.2) is 4.79 Å². The number of rotatable bonds is 8. The lowest BCUT2D eigenvalue weighted by molar-refractivity contribution is -0.137. The molecule has 0 fully saturated rings. The summed E-state index contributed by atoms with van der Waals surface area (Å²) in [6.07, 6.45) is -0.394.